The van der Waals surface area contributed by atoms with E-state index >= 15 is 0 Å². The molecule has 1 aliphatic rings. The molecule has 3 heterocycles. The third kappa shape index (κ3) is 4.99. The van der Waals surface area contributed by atoms with Gasteiger partial charge in [-0.2, -0.15) is 18.3 Å². The standard InChI is InChI=1S/C23H20F5N5O3/c1-3-35-21(34)22(2)10-18(32-36-22)17-9-19(23(26,27)28)33(31-17)20-8-7-13(11-30-20)29-12-14-15(24)5-4-6-16(14)25/h4-9,11,29H,3,10,12H2,1-2H3. The van der Waals surface area contributed by atoms with E-state index in [4.69, 9.17) is 9.57 Å². The summed E-state index contributed by atoms with van der Waals surface area (Å²) >= 11 is 0. The molecule has 2 aromatic heterocycles. The number of rotatable bonds is 7. The van der Waals surface area contributed by atoms with Crippen molar-refractivity contribution >= 4 is 17.4 Å². The van der Waals surface area contributed by atoms with Crippen LogP contribution >= 0.6 is 0 Å². The normalized spacial score (nSPS) is 17.5. The van der Waals surface area contributed by atoms with Gasteiger partial charge in [0.1, 0.15) is 23.0 Å². The summed E-state index contributed by atoms with van der Waals surface area (Å²) < 4.78 is 74.4. The van der Waals surface area contributed by atoms with Gasteiger partial charge in [-0.15, -0.1) is 0 Å². The molecule has 0 aliphatic carbocycles. The van der Waals surface area contributed by atoms with Gasteiger partial charge in [0.25, 0.3) is 0 Å². The Morgan fingerprint density at radius 3 is 2.56 bits per heavy atom. The molecule has 36 heavy (non-hydrogen) atoms. The highest BCUT2D eigenvalue weighted by Gasteiger charge is 2.45. The van der Waals surface area contributed by atoms with Crippen LogP contribution in [-0.4, -0.2) is 38.7 Å². The summed E-state index contributed by atoms with van der Waals surface area (Å²) in [7, 11) is 0. The number of oxime groups is 1. The lowest BCUT2D eigenvalue weighted by atomic mass is 9.98. The number of aromatic nitrogens is 3. The molecule has 0 spiro atoms. The molecular formula is C23H20F5N5O3. The molecule has 8 nitrogen and oxygen atoms in total. The van der Waals surface area contributed by atoms with E-state index in [0.717, 1.165) is 18.2 Å². The zero-order valence-electron chi connectivity index (χ0n) is 19.1. The van der Waals surface area contributed by atoms with E-state index in [9.17, 15) is 26.7 Å². The minimum Gasteiger partial charge on any atom is -0.463 e. The summed E-state index contributed by atoms with van der Waals surface area (Å²) in [4.78, 5) is 21.3. The largest absolute Gasteiger partial charge is 0.463 e. The molecule has 0 fully saturated rings. The zero-order valence-corrected chi connectivity index (χ0v) is 19.1. The van der Waals surface area contributed by atoms with Gasteiger partial charge in [-0.05, 0) is 44.2 Å². The molecular weight excluding hydrogens is 489 g/mol. The minimum absolute atomic E-state index is 0.0417. The fourth-order valence-corrected chi connectivity index (χ4v) is 3.48. The second-order valence-electron chi connectivity index (χ2n) is 8.04. The van der Waals surface area contributed by atoms with Crippen molar-refractivity contribution in [2.75, 3.05) is 11.9 Å². The average Bonchev–Trinajstić information content (AvgIpc) is 3.45. The number of ether oxygens (including phenoxy) is 1. The van der Waals surface area contributed by atoms with Crippen molar-refractivity contribution in [3.8, 4) is 5.82 Å². The van der Waals surface area contributed by atoms with Gasteiger partial charge in [0.05, 0.1) is 18.5 Å². The van der Waals surface area contributed by atoms with Gasteiger partial charge in [-0.25, -0.2) is 23.2 Å². The molecule has 13 heteroatoms. The first kappa shape index (κ1) is 25.1. The molecule has 0 amide bonds. The Bertz CT molecular complexity index is 1290. The summed E-state index contributed by atoms with van der Waals surface area (Å²) in [6.07, 6.45) is -3.71. The highest BCUT2D eigenvalue weighted by molar-refractivity contribution is 6.03. The first-order valence-corrected chi connectivity index (χ1v) is 10.7. The summed E-state index contributed by atoms with van der Waals surface area (Å²) in [6, 6.07) is 6.92. The lowest BCUT2D eigenvalue weighted by Gasteiger charge is -2.18. The molecule has 0 bridgehead atoms. The smallest absolute Gasteiger partial charge is 0.433 e. The summed E-state index contributed by atoms with van der Waals surface area (Å²) in [6.45, 7) is 2.94. The monoisotopic (exact) mass is 509 g/mol. The summed E-state index contributed by atoms with van der Waals surface area (Å²) in [5.41, 5.74) is -2.56. The number of halogens is 5. The highest BCUT2D eigenvalue weighted by Crippen LogP contribution is 2.34. The van der Waals surface area contributed by atoms with E-state index < -0.39 is 35.1 Å². The van der Waals surface area contributed by atoms with Gasteiger partial charge in [0, 0.05) is 18.5 Å². The zero-order chi connectivity index (χ0) is 26.1. The van der Waals surface area contributed by atoms with E-state index in [1.807, 2.05) is 0 Å². The second-order valence-corrected chi connectivity index (χ2v) is 8.04. The lowest BCUT2D eigenvalue weighted by Crippen LogP contribution is -2.37. The van der Waals surface area contributed by atoms with Crippen molar-refractivity contribution in [3.05, 3.63) is 71.2 Å². The predicted molar refractivity (Wildman–Crippen MR) is 117 cm³/mol. The number of nitrogens with zero attached hydrogens (tertiary/aromatic N) is 4. The SMILES string of the molecule is CCOC(=O)C1(C)CC(c2cc(C(F)(F)F)n(-c3ccc(NCc4c(F)cccc4F)cn3)n2)=NO1. The average molecular weight is 509 g/mol. The Kier molecular flexibility index (Phi) is 6.65. The molecule has 1 N–H and O–H groups in total. The predicted octanol–water partition coefficient (Wildman–Crippen LogP) is 4.62. The van der Waals surface area contributed by atoms with Crippen LogP contribution < -0.4 is 5.32 Å². The van der Waals surface area contributed by atoms with Crippen LogP contribution in [0.1, 0.15) is 37.2 Å². The van der Waals surface area contributed by atoms with E-state index in [2.05, 4.69) is 20.6 Å². The van der Waals surface area contributed by atoms with Crippen LogP contribution in [0.5, 0.6) is 0 Å². The molecule has 0 radical (unpaired) electrons. The Morgan fingerprint density at radius 2 is 1.94 bits per heavy atom. The number of benzene rings is 1. The van der Waals surface area contributed by atoms with Gasteiger partial charge < -0.3 is 14.9 Å². The Balaban J connectivity index is 1.56. The first-order valence-electron chi connectivity index (χ1n) is 10.7. The highest BCUT2D eigenvalue weighted by atomic mass is 19.4. The van der Waals surface area contributed by atoms with E-state index in [1.54, 1.807) is 6.92 Å². The van der Waals surface area contributed by atoms with E-state index in [-0.39, 0.29) is 42.4 Å². The topological polar surface area (TPSA) is 90.6 Å². The molecule has 0 saturated heterocycles. The number of hydrogen-bond donors (Lipinski definition) is 1. The maximum atomic E-state index is 13.8. The van der Waals surface area contributed by atoms with Crippen molar-refractivity contribution in [3.63, 3.8) is 0 Å². The van der Waals surface area contributed by atoms with E-state index in [1.165, 1.54) is 31.3 Å². The molecule has 1 unspecified atom stereocenters. The van der Waals surface area contributed by atoms with Crippen LogP contribution in [0.4, 0.5) is 27.6 Å². The number of hydrogen-bond acceptors (Lipinski definition) is 7. The fraction of sp³-hybridized carbons (Fsp3) is 0.304. The Labute approximate surface area is 201 Å². The van der Waals surface area contributed by atoms with Gasteiger partial charge in [-0.1, -0.05) is 11.2 Å². The van der Waals surface area contributed by atoms with Crippen molar-refractivity contribution in [1.29, 1.82) is 0 Å². The maximum absolute atomic E-state index is 13.8. The van der Waals surface area contributed by atoms with Crippen LogP contribution in [0.25, 0.3) is 5.82 Å². The van der Waals surface area contributed by atoms with Crippen LogP contribution in [0.15, 0.2) is 47.8 Å². The van der Waals surface area contributed by atoms with Crippen molar-refractivity contribution < 1.29 is 36.3 Å². The van der Waals surface area contributed by atoms with Gasteiger partial charge >= 0.3 is 12.1 Å². The number of pyridine rings is 1. The maximum Gasteiger partial charge on any atom is 0.433 e. The quantitative estimate of drug-likeness (QED) is 0.369. The molecule has 1 aromatic carbocycles. The van der Waals surface area contributed by atoms with E-state index in [0.29, 0.717) is 10.4 Å². The first-order chi connectivity index (χ1) is 17.0. The summed E-state index contributed by atoms with van der Waals surface area (Å²) in [5.74, 6) is -2.32. The molecule has 3 aromatic rings. The van der Waals surface area contributed by atoms with Gasteiger partial charge in [-0.3, -0.25) is 0 Å². The third-order valence-corrected chi connectivity index (χ3v) is 5.36. The Hall–Kier alpha value is -4.03. The van der Waals surface area contributed by atoms with Crippen molar-refractivity contribution in [2.45, 2.75) is 38.6 Å². The number of alkyl halides is 3. The van der Waals surface area contributed by atoms with Crippen LogP contribution in [0.3, 0.4) is 0 Å². The molecule has 0 saturated carbocycles. The van der Waals surface area contributed by atoms with Gasteiger partial charge in [0.2, 0.25) is 5.60 Å². The molecule has 1 aliphatic heterocycles. The minimum atomic E-state index is -4.78. The second kappa shape index (κ2) is 9.55. The third-order valence-electron chi connectivity index (χ3n) is 5.36. The molecule has 4 rings (SSSR count). The molecule has 1 atom stereocenters. The molecule has 190 valence electrons. The number of carbonyl (C=O) groups is 1. The number of esters is 1. The van der Waals surface area contributed by atoms with Crippen LogP contribution in [-0.2, 0) is 27.1 Å². The van der Waals surface area contributed by atoms with Crippen molar-refractivity contribution in [2.24, 2.45) is 5.16 Å². The number of carbonyl (C=O) groups excluding carboxylic acids is 1. The summed E-state index contributed by atoms with van der Waals surface area (Å²) in [5, 5.41) is 10.5. The number of nitrogens with one attached hydrogen (secondary N) is 1. The van der Waals surface area contributed by atoms with Crippen LogP contribution in [0.2, 0.25) is 0 Å². The Morgan fingerprint density at radius 1 is 1.22 bits per heavy atom. The van der Waals surface area contributed by atoms with Crippen LogP contribution in [0, 0.1) is 11.6 Å². The lowest BCUT2D eigenvalue weighted by molar-refractivity contribution is -0.166. The number of anilines is 1. The van der Waals surface area contributed by atoms with Crippen molar-refractivity contribution in [1.82, 2.24) is 14.8 Å². The fourth-order valence-electron chi connectivity index (χ4n) is 3.48. The van der Waals surface area contributed by atoms with Gasteiger partial charge in [0.15, 0.2) is 11.5 Å².